The summed E-state index contributed by atoms with van der Waals surface area (Å²) in [7, 11) is 0. The molecule has 4 nitrogen and oxygen atoms in total. The normalized spacial score (nSPS) is 22.4. The number of hydrogen-bond acceptors (Lipinski definition) is 3. The van der Waals surface area contributed by atoms with Crippen LogP contribution in [0, 0.1) is 5.92 Å². The van der Waals surface area contributed by atoms with Crippen LogP contribution in [-0.2, 0) is 16.1 Å². The maximum atomic E-state index is 12.5. The zero-order valence-corrected chi connectivity index (χ0v) is 11.0. The van der Waals surface area contributed by atoms with Gasteiger partial charge in [-0.2, -0.15) is 0 Å². The van der Waals surface area contributed by atoms with Crippen LogP contribution < -0.4 is 5.73 Å². The van der Waals surface area contributed by atoms with E-state index in [9.17, 15) is 4.79 Å². The molecule has 19 heavy (non-hydrogen) atoms. The summed E-state index contributed by atoms with van der Waals surface area (Å²) in [6, 6.07) is 8.23. The van der Waals surface area contributed by atoms with E-state index in [2.05, 4.69) is 0 Å². The van der Waals surface area contributed by atoms with Crippen molar-refractivity contribution in [3.05, 3.63) is 29.8 Å². The number of nitrogens with zero attached hydrogens (tertiary/aromatic N) is 1. The molecule has 1 aromatic rings. The molecule has 2 fully saturated rings. The first-order valence-electron chi connectivity index (χ1n) is 6.96. The van der Waals surface area contributed by atoms with E-state index < -0.39 is 0 Å². The van der Waals surface area contributed by atoms with Crippen molar-refractivity contribution in [2.75, 3.05) is 18.9 Å². The highest BCUT2D eigenvalue weighted by atomic mass is 16.5. The molecule has 3 rings (SSSR count). The van der Waals surface area contributed by atoms with Gasteiger partial charge in [0, 0.05) is 24.9 Å². The first kappa shape index (κ1) is 12.5. The molecule has 2 N–H and O–H groups in total. The first-order valence-corrected chi connectivity index (χ1v) is 6.96. The van der Waals surface area contributed by atoms with E-state index in [1.165, 1.54) is 0 Å². The predicted octanol–water partition coefficient (Wildman–Crippen LogP) is 1.80. The molecule has 4 heteroatoms. The zero-order chi connectivity index (χ0) is 13.2. The Morgan fingerprint density at radius 1 is 1.37 bits per heavy atom. The van der Waals surface area contributed by atoms with Crippen LogP contribution in [0.15, 0.2) is 24.3 Å². The van der Waals surface area contributed by atoms with Crippen LogP contribution in [0.4, 0.5) is 5.69 Å². The van der Waals surface area contributed by atoms with Crippen molar-refractivity contribution in [2.24, 2.45) is 5.92 Å². The van der Waals surface area contributed by atoms with Crippen molar-refractivity contribution < 1.29 is 9.53 Å². The van der Waals surface area contributed by atoms with Crippen LogP contribution in [0.2, 0.25) is 0 Å². The number of ether oxygens (including phenoxy) is 1. The van der Waals surface area contributed by atoms with E-state index in [-0.39, 0.29) is 11.8 Å². The molecule has 1 aromatic carbocycles. The lowest BCUT2D eigenvalue weighted by Gasteiger charge is -2.25. The Bertz CT molecular complexity index is 465. The molecule has 1 amide bonds. The average molecular weight is 260 g/mol. The van der Waals surface area contributed by atoms with Gasteiger partial charge in [-0.25, -0.2) is 0 Å². The summed E-state index contributed by atoms with van der Waals surface area (Å²) in [4.78, 5) is 14.6. The summed E-state index contributed by atoms with van der Waals surface area (Å²) >= 11 is 0. The lowest BCUT2D eigenvalue weighted by atomic mass is 10.1. The Balaban J connectivity index is 1.72. The first-order chi connectivity index (χ1) is 9.24. The van der Waals surface area contributed by atoms with Gasteiger partial charge in [0.1, 0.15) is 0 Å². The van der Waals surface area contributed by atoms with Crippen LogP contribution in [0.25, 0.3) is 0 Å². The van der Waals surface area contributed by atoms with Gasteiger partial charge >= 0.3 is 0 Å². The number of carbonyl (C=O) groups is 1. The second kappa shape index (κ2) is 5.21. The molecule has 1 aliphatic heterocycles. The van der Waals surface area contributed by atoms with E-state index >= 15 is 0 Å². The van der Waals surface area contributed by atoms with Crippen LogP contribution in [0.3, 0.4) is 0 Å². The molecule has 1 aliphatic carbocycles. The molecule has 0 aromatic heterocycles. The minimum Gasteiger partial charge on any atom is -0.399 e. The standard InChI is InChI=1S/C15H20N2O2/c16-13-3-1-2-11(8-13)9-17(14-4-5-14)15(18)12-6-7-19-10-12/h1-3,8,12,14H,4-7,9-10,16H2. The van der Waals surface area contributed by atoms with Crippen molar-refractivity contribution in [2.45, 2.75) is 31.8 Å². The molecule has 0 spiro atoms. The van der Waals surface area contributed by atoms with Crippen LogP contribution >= 0.6 is 0 Å². The van der Waals surface area contributed by atoms with Crippen LogP contribution in [0.1, 0.15) is 24.8 Å². The summed E-state index contributed by atoms with van der Waals surface area (Å²) in [6.07, 6.45) is 3.11. The molecule has 1 atom stereocenters. The largest absolute Gasteiger partial charge is 0.399 e. The van der Waals surface area contributed by atoms with Gasteiger partial charge in [0.15, 0.2) is 0 Å². The molecule has 1 saturated heterocycles. The van der Waals surface area contributed by atoms with Gasteiger partial charge in [-0.05, 0) is 37.0 Å². The second-order valence-corrected chi connectivity index (χ2v) is 5.50. The summed E-state index contributed by atoms with van der Waals surface area (Å²) in [5, 5.41) is 0. The maximum Gasteiger partial charge on any atom is 0.228 e. The lowest BCUT2D eigenvalue weighted by Crippen LogP contribution is -2.37. The van der Waals surface area contributed by atoms with Crippen molar-refractivity contribution in [3.63, 3.8) is 0 Å². The summed E-state index contributed by atoms with van der Waals surface area (Å²) in [6.45, 7) is 1.97. The molecule has 0 bridgehead atoms. The van der Waals surface area contributed by atoms with Gasteiger partial charge in [-0.1, -0.05) is 12.1 Å². The monoisotopic (exact) mass is 260 g/mol. The molecular formula is C15H20N2O2. The number of amides is 1. The van der Waals surface area contributed by atoms with Crippen molar-refractivity contribution >= 4 is 11.6 Å². The van der Waals surface area contributed by atoms with Gasteiger partial charge in [0.25, 0.3) is 0 Å². The van der Waals surface area contributed by atoms with Gasteiger partial charge in [0.05, 0.1) is 12.5 Å². The highest BCUT2D eigenvalue weighted by molar-refractivity contribution is 5.80. The number of anilines is 1. The fourth-order valence-electron chi connectivity index (χ4n) is 2.63. The highest BCUT2D eigenvalue weighted by Gasteiger charge is 2.36. The van der Waals surface area contributed by atoms with Gasteiger partial charge in [-0.3, -0.25) is 4.79 Å². The molecule has 1 unspecified atom stereocenters. The third-order valence-electron chi connectivity index (χ3n) is 3.85. The summed E-state index contributed by atoms with van der Waals surface area (Å²) < 4.78 is 5.33. The Labute approximate surface area is 113 Å². The number of nitrogen functional groups attached to an aromatic ring is 1. The van der Waals surface area contributed by atoms with E-state index in [1.807, 2.05) is 29.2 Å². The molecule has 1 saturated carbocycles. The number of carbonyl (C=O) groups excluding carboxylic acids is 1. The number of rotatable bonds is 4. The van der Waals surface area contributed by atoms with Crippen LogP contribution in [0.5, 0.6) is 0 Å². The minimum atomic E-state index is 0.0571. The number of benzene rings is 1. The van der Waals surface area contributed by atoms with Gasteiger partial charge in [-0.15, -0.1) is 0 Å². The van der Waals surface area contributed by atoms with Crippen molar-refractivity contribution in [1.29, 1.82) is 0 Å². The van der Waals surface area contributed by atoms with Crippen molar-refractivity contribution in [3.8, 4) is 0 Å². The van der Waals surface area contributed by atoms with E-state index in [0.717, 1.165) is 30.5 Å². The fraction of sp³-hybridized carbons (Fsp3) is 0.533. The second-order valence-electron chi connectivity index (χ2n) is 5.50. The van der Waals surface area contributed by atoms with E-state index in [4.69, 9.17) is 10.5 Å². The highest BCUT2D eigenvalue weighted by Crippen LogP contribution is 2.31. The molecule has 1 heterocycles. The summed E-state index contributed by atoms with van der Waals surface area (Å²) in [5.41, 5.74) is 7.67. The third kappa shape index (κ3) is 2.89. The zero-order valence-electron chi connectivity index (χ0n) is 11.0. The fourth-order valence-corrected chi connectivity index (χ4v) is 2.63. The average Bonchev–Trinajstić information content (AvgIpc) is 3.09. The molecule has 102 valence electrons. The SMILES string of the molecule is Nc1cccc(CN(C(=O)C2CCOC2)C2CC2)c1. The lowest BCUT2D eigenvalue weighted by molar-refractivity contribution is -0.136. The summed E-state index contributed by atoms with van der Waals surface area (Å²) in [5.74, 6) is 0.309. The predicted molar refractivity (Wildman–Crippen MR) is 73.4 cm³/mol. The smallest absolute Gasteiger partial charge is 0.228 e. The number of nitrogens with two attached hydrogens (primary N) is 1. The topological polar surface area (TPSA) is 55.6 Å². The third-order valence-corrected chi connectivity index (χ3v) is 3.85. The molecule has 0 radical (unpaired) electrons. The Morgan fingerprint density at radius 2 is 2.21 bits per heavy atom. The Hall–Kier alpha value is -1.55. The maximum absolute atomic E-state index is 12.5. The van der Waals surface area contributed by atoms with E-state index in [0.29, 0.717) is 25.8 Å². The van der Waals surface area contributed by atoms with Crippen molar-refractivity contribution in [1.82, 2.24) is 4.90 Å². The Kier molecular flexibility index (Phi) is 3.42. The van der Waals surface area contributed by atoms with Gasteiger partial charge < -0.3 is 15.4 Å². The Morgan fingerprint density at radius 3 is 2.84 bits per heavy atom. The molecular weight excluding hydrogens is 240 g/mol. The van der Waals surface area contributed by atoms with Crippen LogP contribution in [-0.4, -0.2) is 30.1 Å². The number of hydrogen-bond donors (Lipinski definition) is 1. The quantitative estimate of drug-likeness (QED) is 0.840. The molecule has 2 aliphatic rings. The van der Waals surface area contributed by atoms with E-state index in [1.54, 1.807) is 0 Å². The van der Waals surface area contributed by atoms with Gasteiger partial charge in [0.2, 0.25) is 5.91 Å². The minimum absolute atomic E-state index is 0.0571.